The molecular formula is C6H9N2O2S. The van der Waals surface area contributed by atoms with Gasteiger partial charge in [-0.1, -0.05) is 0 Å². The molecule has 0 aliphatic rings. The molecule has 0 aromatic carbocycles. The van der Waals surface area contributed by atoms with Gasteiger partial charge in [0, 0.05) is 7.05 Å². The standard InChI is InChI=1S/C6H9N2O2S/c1-5-3-6(4-11(9)10)8(2)7-5/h3,11H,1,4H2,2H3. The van der Waals surface area contributed by atoms with Crippen LogP contribution in [0, 0.1) is 6.92 Å². The molecule has 0 fully saturated rings. The summed E-state index contributed by atoms with van der Waals surface area (Å²) in [6.45, 7) is 3.58. The molecule has 1 rings (SSSR count). The van der Waals surface area contributed by atoms with Gasteiger partial charge in [-0.25, -0.2) is 8.42 Å². The van der Waals surface area contributed by atoms with Crippen molar-refractivity contribution in [1.29, 1.82) is 0 Å². The number of rotatable bonds is 2. The lowest BCUT2D eigenvalue weighted by molar-refractivity contribution is 0.610. The van der Waals surface area contributed by atoms with E-state index in [2.05, 4.69) is 12.0 Å². The highest BCUT2D eigenvalue weighted by Crippen LogP contribution is 2.01. The topological polar surface area (TPSA) is 52.0 Å². The van der Waals surface area contributed by atoms with Gasteiger partial charge in [-0.2, -0.15) is 5.10 Å². The van der Waals surface area contributed by atoms with Crippen molar-refractivity contribution in [3.8, 4) is 0 Å². The van der Waals surface area contributed by atoms with Crippen molar-refractivity contribution >= 4 is 10.7 Å². The fourth-order valence-electron chi connectivity index (χ4n) is 0.852. The molecule has 1 aromatic heterocycles. The van der Waals surface area contributed by atoms with Gasteiger partial charge in [-0.3, -0.25) is 4.68 Å². The number of aromatic nitrogens is 2. The molecule has 0 saturated carbocycles. The van der Waals surface area contributed by atoms with Gasteiger partial charge in [0.15, 0.2) is 0 Å². The van der Waals surface area contributed by atoms with Crippen molar-refractivity contribution in [3.05, 3.63) is 24.4 Å². The Morgan fingerprint density at radius 3 is 2.73 bits per heavy atom. The lowest BCUT2D eigenvalue weighted by Crippen LogP contribution is -1.98. The van der Waals surface area contributed by atoms with Crippen molar-refractivity contribution in [2.45, 2.75) is 5.75 Å². The first kappa shape index (κ1) is 8.26. The fraction of sp³-hybridized carbons (Fsp3) is 0.333. The van der Waals surface area contributed by atoms with Crippen molar-refractivity contribution in [2.24, 2.45) is 7.05 Å². The van der Waals surface area contributed by atoms with Gasteiger partial charge in [-0.05, 0) is 13.0 Å². The third kappa shape index (κ3) is 2.04. The molecule has 5 heteroatoms. The molecule has 11 heavy (non-hydrogen) atoms. The van der Waals surface area contributed by atoms with Gasteiger partial charge >= 0.3 is 0 Å². The highest BCUT2D eigenvalue weighted by atomic mass is 32.2. The second-order valence-corrected chi connectivity index (χ2v) is 3.22. The Morgan fingerprint density at radius 2 is 2.36 bits per heavy atom. The molecule has 0 spiro atoms. The molecular weight excluding hydrogens is 164 g/mol. The average molecular weight is 173 g/mol. The third-order valence-corrected chi connectivity index (χ3v) is 1.90. The second kappa shape index (κ2) is 3.04. The predicted octanol–water partition coefficient (Wildman–Crippen LogP) is -0.286. The van der Waals surface area contributed by atoms with E-state index in [1.54, 1.807) is 13.1 Å². The Balaban J connectivity index is 2.94. The third-order valence-electron chi connectivity index (χ3n) is 1.32. The van der Waals surface area contributed by atoms with Crippen molar-refractivity contribution < 1.29 is 8.42 Å². The van der Waals surface area contributed by atoms with Crippen molar-refractivity contribution in [1.82, 2.24) is 9.78 Å². The maximum atomic E-state index is 10.3. The van der Waals surface area contributed by atoms with Crippen LogP contribution in [0.5, 0.6) is 0 Å². The summed E-state index contributed by atoms with van der Waals surface area (Å²) in [5, 5.41) is 3.90. The molecule has 1 heterocycles. The summed E-state index contributed by atoms with van der Waals surface area (Å²) in [6.07, 6.45) is 0. The quantitative estimate of drug-likeness (QED) is 0.625. The molecule has 0 amide bonds. The first-order chi connectivity index (χ1) is 5.09. The summed E-state index contributed by atoms with van der Waals surface area (Å²) in [4.78, 5) is 0. The van der Waals surface area contributed by atoms with Crippen LogP contribution >= 0.6 is 0 Å². The Labute approximate surface area is 66.8 Å². The van der Waals surface area contributed by atoms with E-state index in [0.29, 0.717) is 11.4 Å². The van der Waals surface area contributed by atoms with Gasteiger partial charge < -0.3 is 0 Å². The zero-order chi connectivity index (χ0) is 8.43. The summed E-state index contributed by atoms with van der Waals surface area (Å²) in [5.74, 6) is 0.0361. The van der Waals surface area contributed by atoms with Crippen LogP contribution in [-0.2, 0) is 23.5 Å². The molecule has 0 aliphatic carbocycles. The van der Waals surface area contributed by atoms with E-state index >= 15 is 0 Å². The first-order valence-electron chi connectivity index (χ1n) is 3.06. The van der Waals surface area contributed by atoms with Crippen molar-refractivity contribution in [3.63, 3.8) is 0 Å². The number of hydrogen-bond acceptors (Lipinski definition) is 3. The average Bonchev–Trinajstić information content (AvgIpc) is 2.09. The summed E-state index contributed by atoms with van der Waals surface area (Å²) in [5.41, 5.74) is 1.27. The lowest BCUT2D eigenvalue weighted by atomic mass is 10.4. The number of nitrogens with zero attached hydrogens (tertiary/aromatic N) is 2. The van der Waals surface area contributed by atoms with E-state index in [1.165, 1.54) is 4.68 Å². The summed E-state index contributed by atoms with van der Waals surface area (Å²) >= 11 is 0. The van der Waals surface area contributed by atoms with E-state index in [1.807, 2.05) is 0 Å². The van der Waals surface area contributed by atoms with E-state index in [9.17, 15) is 8.42 Å². The maximum absolute atomic E-state index is 10.3. The van der Waals surface area contributed by atoms with Crippen LogP contribution in [0.1, 0.15) is 11.4 Å². The van der Waals surface area contributed by atoms with Gasteiger partial charge in [-0.15, -0.1) is 0 Å². The van der Waals surface area contributed by atoms with Crippen LogP contribution in [0.2, 0.25) is 0 Å². The molecule has 1 radical (unpaired) electrons. The predicted molar refractivity (Wildman–Crippen MR) is 41.7 cm³/mol. The van der Waals surface area contributed by atoms with Crippen molar-refractivity contribution in [2.75, 3.05) is 0 Å². The highest BCUT2D eigenvalue weighted by molar-refractivity contribution is 7.71. The number of aryl methyl sites for hydroxylation is 1. The SMILES string of the molecule is [CH2]c1cc(C[SH](=O)=O)n(C)n1. The summed E-state index contributed by atoms with van der Waals surface area (Å²) in [7, 11) is -0.671. The van der Waals surface area contributed by atoms with Crippen LogP contribution in [-0.4, -0.2) is 18.2 Å². The minimum atomic E-state index is -2.37. The molecule has 1 aromatic rings. The Morgan fingerprint density at radius 1 is 1.73 bits per heavy atom. The molecule has 4 nitrogen and oxygen atoms in total. The van der Waals surface area contributed by atoms with Crippen LogP contribution in [0.15, 0.2) is 6.07 Å². The fourth-order valence-corrected chi connectivity index (χ4v) is 1.41. The molecule has 0 bridgehead atoms. The van der Waals surface area contributed by atoms with Crippen LogP contribution < -0.4 is 0 Å². The van der Waals surface area contributed by atoms with E-state index < -0.39 is 10.7 Å². The summed E-state index contributed by atoms with van der Waals surface area (Å²) < 4.78 is 22.1. The van der Waals surface area contributed by atoms with Gasteiger partial charge in [0.1, 0.15) is 10.7 Å². The molecule has 0 saturated heterocycles. The number of hydrogen-bond donors (Lipinski definition) is 1. The molecule has 0 atom stereocenters. The van der Waals surface area contributed by atoms with Crippen LogP contribution in [0.4, 0.5) is 0 Å². The van der Waals surface area contributed by atoms with Crippen LogP contribution in [0.3, 0.4) is 0 Å². The maximum Gasteiger partial charge on any atom is 0.145 e. The Hall–Kier alpha value is -0.840. The lowest BCUT2D eigenvalue weighted by Gasteiger charge is -1.92. The molecule has 0 unspecified atom stereocenters. The zero-order valence-electron chi connectivity index (χ0n) is 6.15. The van der Waals surface area contributed by atoms with E-state index in [4.69, 9.17) is 0 Å². The molecule has 0 aliphatic heterocycles. The van der Waals surface area contributed by atoms with E-state index in [-0.39, 0.29) is 5.75 Å². The largest absolute Gasteiger partial charge is 0.271 e. The normalized spacial score (nSPS) is 10.8. The molecule has 0 N–H and O–H groups in total. The Bertz CT molecular complexity index is 319. The number of thiol groups is 1. The van der Waals surface area contributed by atoms with Gasteiger partial charge in [0.25, 0.3) is 0 Å². The minimum Gasteiger partial charge on any atom is -0.271 e. The zero-order valence-corrected chi connectivity index (χ0v) is 7.04. The molecule has 61 valence electrons. The van der Waals surface area contributed by atoms with Gasteiger partial charge in [0.05, 0.1) is 17.1 Å². The Kier molecular flexibility index (Phi) is 2.28. The van der Waals surface area contributed by atoms with Gasteiger partial charge in [0.2, 0.25) is 0 Å². The smallest absolute Gasteiger partial charge is 0.145 e. The van der Waals surface area contributed by atoms with E-state index in [0.717, 1.165) is 0 Å². The van der Waals surface area contributed by atoms with Crippen LogP contribution in [0.25, 0.3) is 0 Å². The monoisotopic (exact) mass is 173 g/mol. The first-order valence-corrected chi connectivity index (χ1v) is 4.42. The summed E-state index contributed by atoms with van der Waals surface area (Å²) in [6, 6.07) is 1.66. The highest BCUT2D eigenvalue weighted by Gasteiger charge is 2.01. The minimum absolute atomic E-state index is 0.0361. The second-order valence-electron chi connectivity index (χ2n) is 2.24.